The summed E-state index contributed by atoms with van der Waals surface area (Å²) < 4.78 is 4.69. The van der Waals surface area contributed by atoms with Crippen LogP contribution in [-0.4, -0.2) is 9.13 Å². The molecule has 4 heteroatoms. The van der Waals surface area contributed by atoms with Crippen molar-refractivity contribution in [2.45, 2.75) is 19.3 Å². The van der Waals surface area contributed by atoms with Gasteiger partial charge in [0.1, 0.15) is 0 Å². The summed E-state index contributed by atoms with van der Waals surface area (Å²) >= 11 is 0. The lowest BCUT2D eigenvalue weighted by atomic mass is 9.81. The number of rotatable bonds is 2. The summed E-state index contributed by atoms with van der Waals surface area (Å²) in [5.74, 6) is 0. The monoisotopic (exact) mass is 574 g/mol. The zero-order valence-corrected chi connectivity index (χ0v) is 24.8. The highest BCUT2D eigenvalue weighted by molar-refractivity contribution is 6.14. The second-order valence-electron chi connectivity index (χ2n) is 12.5. The predicted octanol–water partition coefficient (Wildman–Crippen LogP) is 9.93. The second-order valence-corrected chi connectivity index (χ2v) is 12.5. The molecule has 0 amide bonds. The molecule has 6 aromatic carbocycles. The van der Waals surface area contributed by atoms with E-state index in [9.17, 15) is 10.5 Å². The number of hydrogen-bond acceptors (Lipinski definition) is 2. The first-order valence-electron chi connectivity index (χ1n) is 15.2. The van der Waals surface area contributed by atoms with Crippen LogP contribution in [0.1, 0.15) is 36.1 Å². The van der Waals surface area contributed by atoms with Crippen molar-refractivity contribution in [3.8, 4) is 34.6 Å². The standard InChI is InChI=1S/C41H26N4/c1-41(2)35-12-5-3-10-29(35)31-16-17-32-34-21-26(24-43)15-19-38(34)45(40(32)39(31)41)28-9-7-8-27(22-28)44-36-13-6-4-11-30(36)33-20-25(23-42)14-18-37(33)44/h3-22H,1-2H3. The summed E-state index contributed by atoms with van der Waals surface area (Å²) in [6, 6.07) is 47.0. The van der Waals surface area contributed by atoms with Crippen molar-refractivity contribution >= 4 is 43.6 Å². The highest BCUT2D eigenvalue weighted by atomic mass is 15.0. The Morgan fingerprint density at radius 2 is 1.13 bits per heavy atom. The summed E-state index contributed by atoms with van der Waals surface area (Å²) in [7, 11) is 0. The van der Waals surface area contributed by atoms with Crippen LogP contribution in [0.4, 0.5) is 0 Å². The molecule has 9 rings (SSSR count). The largest absolute Gasteiger partial charge is 0.309 e. The number of nitriles is 2. The maximum absolute atomic E-state index is 9.82. The van der Waals surface area contributed by atoms with E-state index in [1.165, 1.54) is 27.8 Å². The van der Waals surface area contributed by atoms with Crippen molar-refractivity contribution in [3.63, 3.8) is 0 Å². The number of fused-ring (bicyclic) bond motifs is 10. The van der Waals surface area contributed by atoms with Gasteiger partial charge in [0.2, 0.25) is 0 Å². The minimum Gasteiger partial charge on any atom is -0.309 e. The van der Waals surface area contributed by atoms with Crippen LogP contribution >= 0.6 is 0 Å². The first-order valence-corrected chi connectivity index (χ1v) is 15.2. The average Bonchev–Trinajstić information content (AvgIpc) is 3.67. The first-order chi connectivity index (χ1) is 22.0. The normalized spacial score (nSPS) is 13.2. The van der Waals surface area contributed by atoms with Crippen molar-refractivity contribution < 1.29 is 0 Å². The molecule has 2 heterocycles. The average molecular weight is 575 g/mol. The molecule has 0 saturated heterocycles. The van der Waals surface area contributed by atoms with Crippen molar-refractivity contribution in [1.29, 1.82) is 10.5 Å². The molecule has 0 radical (unpaired) electrons. The van der Waals surface area contributed by atoms with E-state index < -0.39 is 0 Å². The molecule has 2 aromatic heterocycles. The Balaban J connectivity index is 1.38. The van der Waals surface area contributed by atoms with E-state index >= 15 is 0 Å². The molecule has 0 N–H and O–H groups in total. The molecule has 0 aliphatic heterocycles. The van der Waals surface area contributed by atoms with Crippen molar-refractivity contribution in [1.82, 2.24) is 9.13 Å². The first kappa shape index (κ1) is 25.4. The zero-order chi connectivity index (χ0) is 30.4. The number of hydrogen-bond donors (Lipinski definition) is 0. The van der Waals surface area contributed by atoms with Gasteiger partial charge in [-0.05, 0) is 82.9 Å². The lowest BCUT2D eigenvalue weighted by Gasteiger charge is -2.24. The van der Waals surface area contributed by atoms with E-state index in [0.29, 0.717) is 11.1 Å². The minimum atomic E-state index is -0.210. The Morgan fingerprint density at radius 3 is 1.89 bits per heavy atom. The van der Waals surface area contributed by atoms with Gasteiger partial charge in [-0.15, -0.1) is 0 Å². The molecule has 210 valence electrons. The maximum atomic E-state index is 9.82. The molecule has 0 saturated carbocycles. The molecule has 4 nitrogen and oxygen atoms in total. The van der Waals surface area contributed by atoms with E-state index in [-0.39, 0.29) is 5.41 Å². The Labute approximate surface area is 260 Å². The van der Waals surface area contributed by atoms with Gasteiger partial charge in [0.25, 0.3) is 0 Å². The SMILES string of the molecule is CC1(C)c2ccccc2-c2ccc3c4cc(C#N)ccc4n(-c4cccc(-n5c6ccccc6c6cc(C#N)ccc65)c4)c3c21. The van der Waals surface area contributed by atoms with Gasteiger partial charge >= 0.3 is 0 Å². The zero-order valence-electron chi connectivity index (χ0n) is 24.8. The third kappa shape index (κ3) is 3.34. The summed E-state index contributed by atoms with van der Waals surface area (Å²) in [6.45, 7) is 4.65. The second kappa shape index (κ2) is 8.96. The van der Waals surface area contributed by atoms with Gasteiger partial charge in [-0.1, -0.05) is 74.5 Å². The summed E-state index contributed by atoms with van der Waals surface area (Å²) in [4.78, 5) is 0. The fourth-order valence-electron chi connectivity index (χ4n) is 7.79. The number of benzene rings is 6. The van der Waals surface area contributed by atoms with Crippen LogP contribution < -0.4 is 0 Å². The molecule has 1 aliphatic carbocycles. The summed E-state index contributed by atoms with van der Waals surface area (Å²) in [5, 5.41) is 23.8. The van der Waals surface area contributed by atoms with Crippen LogP contribution in [0.3, 0.4) is 0 Å². The number of aromatic nitrogens is 2. The summed E-state index contributed by atoms with van der Waals surface area (Å²) in [5.41, 5.74) is 12.8. The molecule has 0 unspecified atom stereocenters. The fourth-order valence-corrected chi connectivity index (χ4v) is 7.79. The van der Waals surface area contributed by atoms with Crippen LogP contribution in [0.15, 0.2) is 121 Å². The third-order valence-corrected chi connectivity index (χ3v) is 9.72. The van der Waals surface area contributed by atoms with E-state index in [0.717, 1.165) is 49.5 Å². The van der Waals surface area contributed by atoms with Gasteiger partial charge in [-0.3, -0.25) is 0 Å². The Hall–Kier alpha value is -6.10. The van der Waals surface area contributed by atoms with Crippen LogP contribution in [-0.2, 0) is 5.41 Å². The van der Waals surface area contributed by atoms with E-state index in [1.807, 2.05) is 24.3 Å². The highest BCUT2D eigenvalue weighted by Gasteiger charge is 2.38. The molecule has 1 aliphatic rings. The topological polar surface area (TPSA) is 57.4 Å². The molecule has 8 aromatic rings. The minimum absolute atomic E-state index is 0.210. The number of nitrogens with zero attached hydrogens (tertiary/aromatic N) is 4. The smallest absolute Gasteiger partial charge is 0.0991 e. The van der Waals surface area contributed by atoms with Gasteiger partial charge in [0.15, 0.2) is 0 Å². The Bertz CT molecular complexity index is 2650. The quantitative estimate of drug-likeness (QED) is 0.206. The van der Waals surface area contributed by atoms with Gasteiger partial charge in [-0.2, -0.15) is 10.5 Å². The van der Waals surface area contributed by atoms with Gasteiger partial charge < -0.3 is 9.13 Å². The van der Waals surface area contributed by atoms with Crippen molar-refractivity contribution in [2.75, 3.05) is 0 Å². The molecular weight excluding hydrogens is 548 g/mol. The highest BCUT2D eigenvalue weighted by Crippen LogP contribution is 2.53. The van der Waals surface area contributed by atoms with Crippen LogP contribution in [0.5, 0.6) is 0 Å². The molecule has 0 bridgehead atoms. The van der Waals surface area contributed by atoms with Gasteiger partial charge in [0, 0.05) is 38.3 Å². The van der Waals surface area contributed by atoms with E-state index in [2.05, 4.69) is 132 Å². The van der Waals surface area contributed by atoms with Crippen molar-refractivity contribution in [3.05, 3.63) is 144 Å². The fraction of sp³-hybridized carbons (Fsp3) is 0.0732. The van der Waals surface area contributed by atoms with E-state index in [4.69, 9.17) is 0 Å². The molecule has 0 spiro atoms. The van der Waals surface area contributed by atoms with Crippen LogP contribution in [0.2, 0.25) is 0 Å². The van der Waals surface area contributed by atoms with Crippen LogP contribution in [0, 0.1) is 22.7 Å². The lowest BCUT2D eigenvalue weighted by Crippen LogP contribution is -2.16. The van der Waals surface area contributed by atoms with Gasteiger partial charge in [-0.25, -0.2) is 0 Å². The molecule has 0 fully saturated rings. The van der Waals surface area contributed by atoms with Gasteiger partial charge in [0.05, 0.1) is 45.3 Å². The van der Waals surface area contributed by atoms with Crippen molar-refractivity contribution in [2.24, 2.45) is 0 Å². The molecule has 45 heavy (non-hydrogen) atoms. The summed E-state index contributed by atoms with van der Waals surface area (Å²) in [6.07, 6.45) is 0. The third-order valence-electron chi connectivity index (χ3n) is 9.72. The predicted molar refractivity (Wildman–Crippen MR) is 182 cm³/mol. The molecule has 0 atom stereocenters. The van der Waals surface area contributed by atoms with Crippen LogP contribution in [0.25, 0.3) is 66.1 Å². The van der Waals surface area contributed by atoms with E-state index in [1.54, 1.807) is 0 Å². The maximum Gasteiger partial charge on any atom is 0.0991 e. The lowest BCUT2D eigenvalue weighted by molar-refractivity contribution is 0.664. The Kier molecular flexibility index (Phi) is 5.06. The Morgan fingerprint density at radius 1 is 0.511 bits per heavy atom. The number of para-hydroxylation sites is 1. The molecular formula is C41H26N4.